The molecule has 0 aliphatic rings. The van der Waals surface area contributed by atoms with Crippen LogP contribution in [-0.2, 0) is 19.1 Å². The maximum absolute atomic E-state index is 12.9. The van der Waals surface area contributed by atoms with Crippen molar-refractivity contribution in [3.63, 3.8) is 0 Å². The summed E-state index contributed by atoms with van der Waals surface area (Å²) >= 11 is 0. The Morgan fingerprint density at radius 1 is 0.519 bits per heavy atom. The van der Waals surface area contributed by atoms with Gasteiger partial charge in [0.2, 0.25) is 0 Å². The third kappa shape index (κ3) is 11.3. The first-order chi connectivity index (χ1) is 24.8. The Kier molecular flexibility index (Phi) is 13.8. The Bertz CT molecular complexity index is 1720. The molecule has 0 radical (unpaired) electrons. The van der Waals surface area contributed by atoms with Gasteiger partial charge in [-0.15, -0.1) is 0 Å². The molecule has 0 atom stereocenters. The lowest BCUT2D eigenvalue weighted by Gasteiger charge is -2.23. The van der Waals surface area contributed by atoms with Crippen LogP contribution >= 0.6 is 0 Å². The summed E-state index contributed by atoms with van der Waals surface area (Å²) in [5.41, 5.74) is 2.75. The van der Waals surface area contributed by atoms with Gasteiger partial charge in [-0.25, -0.2) is 19.2 Å². The predicted octanol–water partition coefficient (Wildman–Crippen LogP) is 7.86. The molecule has 0 aliphatic heterocycles. The Hall–Kier alpha value is -5.33. The van der Waals surface area contributed by atoms with Crippen LogP contribution in [0.25, 0.3) is 11.1 Å². The van der Waals surface area contributed by atoms with Gasteiger partial charge in [-0.3, -0.25) is 0 Å². The average Bonchev–Trinajstić information content (AvgIpc) is 3.15. The minimum atomic E-state index is -1.78. The maximum Gasteiger partial charge on any atom is 0.343 e. The zero-order chi connectivity index (χ0) is 37.7. The van der Waals surface area contributed by atoms with Crippen molar-refractivity contribution in [2.45, 2.75) is 51.1 Å². The first kappa shape index (κ1) is 39.5. The van der Waals surface area contributed by atoms with Crippen LogP contribution in [0, 0.1) is 0 Å². The molecular formula is C42H46O8Si2. The van der Waals surface area contributed by atoms with Gasteiger partial charge in [0.05, 0.1) is 40.5 Å². The molecule has 0 amide bonds. The molecule has 270 valence electrons. The van der Waals surface area contributed by atoms with E-state index in [1.165, 1.54) is 22.5 Å². The van der Waals surface area contributed by atoms with E-state index in [-0.39, 0.29) is 0 Å². The van der Waals surface area contributed by atoms with Crippen molar-refractivity contribution in [3.05, 3.63) is 133 Å². The Morgan fingerprint density at radius 3 is 1.15 bits per heavy atom. The van der Waals surface area contributed by atoms with Gasteiger partial charge in [0.15, 0.2) is 0 Å². The van der Waals surface area contributed by atoms with E-state index in [1.807, 2.05) is 48.5 Å². The summed E-state index contributed by atoms with van der Waals surface area (Å²) in [5, 5.41) is 2.41. The van der Waals surface area contributed by atoms with Crippen LogP contribution in [0.2, 0.25) is 38.3 Å². The van der Waals surface area contributed by atoms with Crippen LogP contribution in [0.5, 0.6) is 11.5 Å². The first-order valence-corrected chi connectivity index (χ1v) is 23.7. The molecule has 52 heavy (non-hydrogen) atoms. The van der Waals surface area contributed by atoms with Gasteiger partial charge in [0, 0.05) is 12.2 Å². The van der Waals surface area contributed by atoms with Crippen molar-refractivity contribution in [3.8, 4) is 22.6 Å². The molecular weight excluding hydrogens is 689 g/mol. The monoisotopic (exact) mass is 734 g/mol. The average molecular weight is 735 g/mol. The second-order valence-corrected chi connectivity index (χ2v) is 23.4. The molecule has 4 aromatic rings. The van der Waals surface area contributed by atoms with E-state index in [9.17, 15) is 19.2 Å². The third-order valence-electron chi connectivity index (χ3n) is 8.98. The molecule has 8 nitrogen and oxygen atoms in total. The lowest BCUT2D eigenvalue weighted by Crippen LogP contribution is -2.41. The largest absolute Gasteiger partial charge is 0.463 e. The number of ether oxygens (including phenoxy) is 4. The number of hydrogen-bond acceptors (Lipinski definition) is 8. The summed E-state index contributed by atoms with van der Waals surface area (Å²) in [7, 11) is -3.56. The SMILES string of the molecule is C=CC(=O)OCCC[Si](C)(C)c1ccc(C(=O)Oc2ccc(-c3ccc(OC(=O)c4ccc([Si](C)(C)CCCOC(=O)C=C)cc4)cc3)cc2)cc1. The van der Waals surface area contributed by atoms with Gasteiger partial charge in [0.1, 0.15) is 11.5 Å². The van der Waals surface area contributed by atoms with Crippen LogP contribution in [0.1, 0.15) is 33.6 Å². The van der Waals surface area contributed by atoms with Crippen LogP contribution in [0.4, 0.5) is 0 Å². The van der Waals surface area contributed by atoms with Crippen molar-refractivity contribution in [2.24, 2.45) is 0 Å². The van der Waals surface area contributed by atoms with Gasteiger partial charge in [-0.05, 0) is 72.5 Å². The van der Waals surface area contributed by atoms with Gasteiger partial charge in [0.25, 0.3) is 0 Å². The predicted molar refractivity (Wildman–Crippen MR) is 210 cm³/mol. The van der Waals surface area contributed by atoms with Crippen molar-refractivity contribution < 1.29 is 38.1 Å². The summed E-state index contributed by atoms with van der Waals surface area (Å²) in [5.74, 6) is -0.841. The highest BCUT2D eigenvalue weighted by Gasteiger charge is 2.25. The van der Waals surface area contributed by atoms with E-state index >= 15 is 0 Å². The van der Waals surface area contributed by atoms with Gasteiger partial charge in [-0.1, -0.05) is 110 Å². The van der Waals surface area contributed by atoms with Crippen molar-refractivity contribution in [2.75, 3.05) is 13.2 Å². The quantitative estimate of drug-likeness (QED) is 0.0355. The topological polar surface area (TPSA) is 105 Å². The zero-order valence-corrected chi connectivity index (χ0v) is 32.3. The molecule has 0 unspecified atom stereocenters. The van der Waals surface area contributed by atoms with E-state index in [1.54, 1.807) is 48.5 Å². The van der Waals surface area contributed by atoms with Crippen LogP contribution in [0.15, 0.2) is 122 Å². The Balaban J connectivity index is 1.27. The highest BCUT2D eigenvalue weighted by atomic mass is 28.3. The fourth-order valence-electron chi connectivity index (χ4n) is 5.66. The van der Waals surface area contributed by atoms with E-state index < -0.39 is 40.0 Å². The molecule has 4 aromatic carbocycles. The molecule has 0 saturated carbocycles. The summed E-state index contributed by atoms with van der Waals surface area (Å²) in [6.07, 6.45) is 3.88. The molecule has 0 heterocycles. The number of rotatable bonds is 17. The number of carbonyl (C=O) groups is 4. The van der Waals surface area contributed by atoms with Crippen molar-refractivity contribution in [1.29, 1.82) is 0 Å². The lowest BCUT2D eigenvalue weighted by molar-refractivity contribution is -0.138. The van der Waals surface area contributed by atoms with Crippen LogP contribution in [0.3, 0.4) is 0 Å². The summed E-state index contributed by atoms with van der Waals surface area (Å²) in [4.78, 5) is 48.3. The highest BCUT2D eigenvalue weighted by Crippen LogP contribution is 2.26. The minimum Gasteiger partial charge on any atom is -0.463 e. The van der Waals surface area contributed by atoms with Crippen LogP contribution < -0.4 is 19.8 Å². The van der Waals surface area contributed by atoms with E-state index in [0.717, 1.165) is 36.1 Å². The molecule has 0 bridgehead atoms. The molecule has 0 fully saturated rings. The number of carbonyl (C=O) groups excluding carboxylic acids is 4. The van der Waals surface area contributed by atoms with E-state index in [2.05, 4.69) is 39.3 Å². The highest BCUT2D eigenvalue weighted by molar-refractivity contribution is 6.90. The lowest BCUT2D eigenvalue weighted by atomic mass is 10.1. The molecule has 0 aromatic heterocycles. The maximum atomic E-state index is 12.9. The van der Waals surface area contributed by atoms with Crippen molar-refractivity contribution >= 4 is 50.4 Å². The third-order valence-corrected chi connectivity index (χ3v) is 16.0. The fourth-order valence-corrected chi connectivity index (χ4v) is 10.4. The second kappa shape index (κ2) is 18.2. The van der Waals surface area contributed by atoms with Crippen LogP contribution in [-0.4, -0.2) is 53.2 Å². The standard InChI is InChI=1S/C42H46O8Si2/c1-7-39(43)47-27-9-29-51(3,4)37-23-15-33(16-24-37)41(45)49-35-19-11-31(12-20-35)32-13-21-36(22-14-32)50-42(46)34-17-25-38(26-18-34)52(5,6)30-10-28-48-40(44)8-2/h7-8,11-26H,1-2,9-10,27-30H2,3-6H3. The van der Waals surface area contributed by atoms with E-state index in [4.69, 9.17) is 18.9 Å². The molecule has 0 N–H and O–H groups in total. The molecule has 0 saturated heterocycles. The molecule has 10 heteroatoms. The molecule has 0 aliphatic carbocycles. The fraction of sp³-hybridized carbons (Fsp3) is 0.238. The van der Waals surface area contributed by atoms with E-state index in [0.29, 0.717) is 35.8 Å². The smallest absolute Gasteiger partial charge is 0.343 e. The normalized spacial score (nSPS) is 11.2. The Morgan fingerprint density at radius 2 is 0.846 bits per heavy atom. The summed E-state index contributed by atoms with van der Waals surface area (Å²) < 4.78 is 21.5. The van der Waals surface area contributed by atoms with Gasteiger partial charge < -0.3 is 18.9 Å². The molecule has 4 rings (SSSR count). The van der Waals surface area contributed by atoms with Gasteiger partial charge >= 0.3 is 23.9 Å². The second-order valence-electron chi connectivity index (χ2n) is 13.7. The molecule has 0 spiro atoms. The summed E-state index contributed by atoms with van der Waals surface area (Å²) in [6, 6.07) is 31.5. The Labute approximate surface area is 308 Å². The first-order valence-electron chi connectivity index (χ1n) is 17.3. The number of hydrogen-bond donors (Lipinski definition) is 0. The van der Waals surface area contributed by atoms with Crippen molar-refractivity contribution in [1.82, 2.24) is 0 Å². The number of benzene rings is 4. The zero-order valence-electron chi connectivity index (χ0n) is 30.3. The number of esters is 4. The summed E-state index contributed by atoms with van der Waals surface area (Å²) in [6.45, 7) is 16.5. The minimum absolute atomic E-state index is 0.365. The van der Waals surface area contributed by atoms with Gasteiger partial charge in [-0.2, -0.15) is 0 Å².